The van der Waals surface area contributed by atoms with Crippen molar-refractivity contribution >= 4 is 5.91 Å². The van der Waals surface area contributed by atoms with Gasteiger partial charge in [0.25, 0.3) is 0 Å². The summed E-state index contributed by atoms with van der Waals surface area (Å²) in [5.41, 5.74) is 0. The maximum atomic E-state index is 10.8. The number of nitrogens with one attached hydrogen (secondary N) is 1. The Balaban J connectivity index is 2.44. The van der Waals surface area contributed by atoms with Crippen molar-refractivity contribution in [3.05, 3.63) is 0 Å². The van der Waals surface area contributed by atoms with Crippen molar-refractivity contribution in [2.45, 2.75) is 6.92 Å². The average Bonchev–Trinajstić information content (AvgIpc) is 1.80. The third kappa shape index (κ3) is 1.42. The van der Waals surface area contributed by atoms with Crippen LogP contribution in [0.1, 0.15) is 6.92 Å². The molecule has 0 aromatic heterocycles. The van der Waals surface area contributed by atoms with E-state index in [0.717, 1.165) is 6.54 Å². The zero-order valence-corrected chi connectivity index (χ0v) is 5.85. The van der Waals surface area contributed by atoms with Gasteiger partial charge in [0.2, 0.25) is 5.91 Å². The van der Waals surface area contributed by atoms with E-state index in [0.29, 0.717) is 6.67 Å². The molecule has 3 heteroatoms. The van der Waals surface area contributed by atoms with E-state index in [-0.39, 0.29) is 11.8 Å². The van der Waals surface area contributed by atoms with Crippen LogP contribution in [0.2, 0.25) is 0 Å². The standard InChI is InChI=1S/C6H12N2O/c1-5-3-8(2)4-7-6(5)9/h5H,3-4H2,1-2H3,(H,7,9). The zero-order chi connectivity index (χ0) is 6.85. The molecule has 0 aliphatic carbocycles. The predicted molar refractivity (Wildman–Crippen MR) is 34.8 cm³/mol. The minimum absolute atomic E-state index is 0.156. The van der Waals surface area contributed by atoms with E-state index in [2.05, 4.69) is 10.2 Å². The second kappa shape index (κ2) is 2.35. The minimum Gasteiger partial charge on any atom is -0.343 e. The molecule has 1 heterocycles. The van der Waals surface area contributed by atoms with Gasteiger partial charge >= 0.3 is 0 Å². The Morgan fingerprint density at radius 1 is 1.78 bits per heavy atom. The van der Waals surface area contributed by atoms with Crippen LogP contribution in [0, 0.1) is 5.92 Å². The van der Waals surface area contributed by atoms with E-state index in [4.69, 9.17) is 0 Å². The first-order valence-corrected chi connectivity index (χ1v) is 3.16. The molecule has 1 rings (SSSR count). The van der Waals surface area contributed by atoms with Crippen LogP contribution in [0.5, 0.6) is 0 Å². The molecule has 3 nitrogen and oxygen atoms in total. The summed E-state index contributed by atoms with van der Waals surface area (Å²) in [5.74, 6) is 0.330. The van der Waals surface area contributed by atoms with E-state index >= 15 is 0 Å². The third-order valence-electron chi connectivity index (χ3n) is 1.56. The fourth-order valence-electron chi connectivity index (χ4n) is 1.00. The van der Waals surface area contributed by atoms with Crippen LogP contribution in [0.3, 0.4) is 0 Å². The quantitative estimate of drug-likeness (QED) is 0.483. The number of rotatable bonds is 0. The van der Waals surface area contributed by atoms with Crippen LogP contribution in [-0.4, -0.2) is 31.1 Å². The Hall–Kier alpha value is -0.570. The molecule has 1 aliphatic rings. The lowest BCUT2D eigenvalue weighted by Gasteiger charge is -2.26. The highest BCUT2D eigenvalue weighted by molar-refractivity contribution is 5.79. The molecule has 1 aliphatic heterocycles. The minimum atomic E-state index is 0.156. The summed E-state index contributed by atoms with van der Waals surface area (Å²) < 4.78 is 0. The van der Waals surface area contributed by atoms with Gasteiger partial charge in [-0.05, 0) is 7.05 Å². The van der Waals surface area contributed by atoms with Gasteiger partial charge in [-0.3, -0.25) is 9.69 Å². The monoisotopic (exact) mass is 128 g/mol. The van der Waals surface area contributed by atoms with Gasteiger partial charge in [-0.2, -0.15) is 0 Å². The number of hydrogen-bond acceptors (Lipinski definition) is 2. The van der Waals surface area contributed by atoms with Gasteiger partial charge in [-0.15, -0.1) is 0 Å². The van der Waals surface area contributed by atoms with Crippen molar-refractivity contribution in [2.75, 3.05) is 20.3 Å². The lowest BCUT2D eigenvalue weighted by molar-refractivity contribution is -0.128. The molecule has 1 fully saturated rings. The molecule has 0 bridgehead atoms. The van der Waals surface area contributed by atoms with Gasteiger partial charge in [0.1, 0.15) is 0 Å². The number of nitrogens with zero attached hydrogens (tertiary/aromatic N) is 1. The number of hydrogen-bond donors (Lipinski definition) is 1. The summed E-state index contributed by atoms with van der Waals surface area (Å²) in [7, 11) is 2.00. The molecule has 0 aromatic carbocycles. The van der Waals surface area contributed by atoms with E-state index < -0.39 is 0 Å². The predicted octanol–water partition coefficient (Wildman–Crippen LogP) is -0.358. The van der Waals surface area contributed by atoms with Crippen LogP contribution in [-0.2, 0) is 4.79 Å². The van der Waals surface area contributed by atoms with Gasteiger partial charge in [0, 0.05) is 12.5 Å². The summed E-state index contributed by atoms with van der Waals surface area (Å²) >= 11 is 0. The maximum absolute atomic E-state index is 10.8. The molecule has 0 aromatic rings. The highest BCUT2D eigenvalue weighted by atomic mass is 16.2. The van der Waals surface area contributed by atoms with Crippen LogP contribution in [0.4, 0.5) is 0 Å². The van der Waals surface area contributed by atoms with Crippen molar-refractivity contribution in [3.63, 3.8) is 0 Å². The van der Waals surface area contributed by atoms with E-state index in [1.807, 2.05) is 14.0 Å². The number of amides is 1. The third-order valence-corrected chi connectivity index (χ3v) is 1.56. The van der Waals surface area contributed by atoms with Gasteiger partial charge in [-0.1, -0.05) is 6.92 Å². The molecule has 1 saturated heterocycles. The summed E-state index contributed by atoms with van der Waals surface area (Å²) in [5, 5.41) is 2.77. The molecule has 0 saturated carbocycles. The fraction of sp³-hybridized carbons (Fsp3) is 0.833. The lowest BCUT2D eigenvalue weighted by atomic mass is 10.1. The average molecular weight is 128 g/mol. The SMILES string of the molecule is CC1CN(C)CNC1=O. The van der Waals surface area contributed by atoms with Gasteiger partial charge in [0.05, 0.1) is 6.67 Å². The second-order valence-electron chi connectivity index (χ2n) is 2.64. The van der Waals surface area contributed by atoms with Crippen molar-refractivity contribution in [1.29, 1.82) is 0 Å². The van der Waals surface area contributed by atoms with E-state index in [9.17, 15) is 4.79 Å². The van der Waals surface area contributed by atoms with Gasteiger partial charge in [-0.25, -0.2) is 0 Å². The van der Waals surface area contributed by atoms with Crippen LogP contribution < -0.4 is 5.32 Å². The maximum Gasteiger partial charge on any atom is 0.225 e. The Bertz CT molecular complexity index is 124. The highest BCUT2D eigenvalue weighted by Crippen LogP contribution is 2.01. The van der Waals surface area contributed by atoms with Crippen LogP contribution >= 0.6 is 0 Å². The van der Waals surface area contributed by atoms with Crippen LogP contribution in [0.15, 0.2) is 0 Å². The molecular weight excluding hydrogens is 116 g/mol. The molecule has 9 heavy (non-hydrogen) atoms. The fourth-order valence-corrected chi connectivity index (χ4v) is 1.00. The van der Waals surface area contributed by atoms with Crippen molar-refractivity contribution in [3.8, 4) is 0 Å². The Kier molecular flexibility index (Phi) is 1.71. The van der Waals surface area contributed by atoms with E-state index in [1.54, 1.807) is 0 Å². The molecule has 1 N–H and O–H groups in total. The Labute approximate surface area is 55.0 Å². The molecule has 52 valence electrons. The van der Waals surface area contributed by atoms with Gasteiger partial charge in [0.15, 0.2) is 0 Å². The molecule has 0 radical (unpaired) electrons. The largest absolute Gasteiger partial charge is 0.343 e. The summed E-state index contributed by atoms with van der Waals surface area (Å²) in [6, 6.07) is 0. The topological polar surface area (TPSA) is 32.3 Å². The van der Waals surface area contributed by atoms with E-state index in [1.165, 1.54) is 0 Å². The van der Waals surface area contributed by atoms with Crippen LogP contribution in [0.25, 0.3) is 0 Å². The van der Waals surface area contributed by atoms with Crippen molar-refractivity contribution in [1.82, 2.24) is 10.2 Å². The molecule has 1 unspecified atom stereocenters. The number of carbonyl (C=O) groups is 1. The smallest absolute Gasteiger partial charge is 0.225 e. The van der Waals surface area contributed by atoms with Crippen molar-refractivity contribution in [2.24, 2.45) is 5.92 Å². The van der Waals surface area contributed by atoms with Crippen molar-refractivity contribution < 1.29 is 4.79 Å². The first-order valence-electron chi connectivity index (χ1n) is 3.16. The summed E-state index contributed by atoms with van der Waals surface area (Å²) in [6.45, 7) is 3.51. The highest BCUT2D eigenvalue weighted by Gasteiger charge is 2.19. The number of carbonyl (C=O) groups excluding carboxylic acids is 1. The molecular formula is C6H12N2O. The summed E-state index contributed by atoms with van der Waals surface area (Å²) in [4.78, 5) is 12.9. The Morgan fingerprint density at radius 2 is 2.44 bits per heavy atom. The Morgan fingerprint density at radius 3 is 2.89 bits per heavy atom. The zero-order valence-electron chi connectivity index (χ0n) is 5.85. The second-order valence-corrected chi connectivity index (χ2v) is 2.64. The summed E-state index contributed by atoms with van der Waals surface area (Å²) in [6.07, 6.45) is 0. The molecule has 0 spiro atoms. The first-order chi connectivity index (χ1) is 4.20. The normalized spacial score (nSPS) is 30.0. The lowest BCUT2D eigenvalue weighted by Crippen LogP contribution is -2.47. The molecule has 1 amide bonds. The first kappa shape index (κ1) is 6.55. The molecule has 1 atom stereocenters. The van der Waals surface area contributed by atoms with Gasteiger partial charge < -0.3 is 5.32 Å².